The van der Waals surface area contributed by atoms with E-state index in [1.54, 1.807) is 0 Å². The van der Waals surface area contributed by atoms with Gasteiger partial charge < -0.3 is 14.7 Å². The Labute approximate surface area is 115 Å². The number of piperazine rings is 1. The molecule has 5 nitrogen and oxygen atoms in total. The molecular formula is C14H26N2O3. The number of nitrogens with zero attached hydrogens (tertiary/aromatic N) is 2. The number of rotatable bonds is 5. The minimum atomic E-state index is -0.643. The van der Waals surface area contributed by atoms with Crippen molar-refractivity contribution in [3.63, 3.8) is 0 Å². The largest absolute Gasteiger partial charge is 0.481 e. The number of hydrogen-bond acceptors (Lipinski definition) is 4. The molecule has 5 heteroatoms. The van der Waals surface area contributed by atoms with Crippen molar-refractivity contribution in [3.8, 4) is 0 Å². The second-order valence-corrected chi connectivity index (χ2v) is 5.83. The quantitative estimate of drug-likeness (QED) is 0.804. The molecule has 0 unspecified atom stereocenters. The van der Waals surface area contributed by atoms with Gasteiger partial charge in [0.25, 0.3) is 0 Å². The van der Waals surface area contributed by atoms with Gasteiger partial charge in [0, 0.05) is 32.7 Å². The van der Waals surface area contributed by atoms with Crippen LogP contribution in [0.2, 0.25) is 0 Å². The third-order valence-electron chi connectivity index (χ3n) is 4.38. The van der Waals surface area contributed by atoms with Crippen molar-refractivity contribution in [2.24, 2.45) is 5.92 Å². The summed E-state index contributed by atoms with van der Waals surface area (Å²) >= 11 is 0. The van der Waals surface area contributed by atoms with Crippen LogP contribution in [0.25, 0.3) is 0 Å². The Hall–Kier alpha value is -0.650. The van der Waals surface area contributed by atoms with Crippen LogP contribution in [-0.4, -0.2) is 73.4 Å². The molecule has 0 radical (unpaired) electrons. The standard InChI is InChI=1S/C14H26N2O3/c1-15-6-8-16(9-7-15)10-11-19-13-4-2-12(3-5-13)14(17)18/h12-13H,2-11H2,1H3,(H,17,18). The van der Waals surface area contributed by atoms with Crippen molar-refractivity contribution in [3.05, 3.63) is 0 Å². The zero-order chi connectivity index (χ0) is 13.7. The van der Waals surface area contributed by atoms with Gasteiger partial charge in [0.2, 0.25) is 0 Å². The first-order valence-electron chi connectivity index (χ1n) is 7.40. The summed E-state index contributed by atoms with van der Waals surface area (Å²) in [6.07, 6.45) is 3.63. The zero-order valence-corrected chi connectivity index (χ0v) is 11.9. The SMILES string of the molecule is CN1CCN(CCOC2CCC(C(=O)O)CC2)CC1. The molecule has 19 heavy (non-hydrogen) atoms. The van der Waals surface area contributed by atoms with E-state index in [1.807, 2.05) is 0 Å². The Kier molecular flexibility index (Phi) is 5.60. The van der Waals surface area contributed by atoms with Crippen LogP contribution in [0.1, 0.15) is 25.7 Å². The number of aliphatic carboxylic acids is 1. The molecule has 0 aromatic carbocycles. The van der Waals surface area contributed by atoms with Crippen molar-refractivity contribution in [1.29, 1.82) is 0 Å². The summed E-state index contributed by atoms with van der Waals surface area (Å²) in [4.78, 5) is 15.7. The summed E-state index contributed by atoms with van der Waals surface area (Å²) in [7, 11) is 2.16. The van der Waals surface area contributed by atoms with E-state index in [9.17, 15) is 4.79 Å². The highest BCUT2D eigenvalue weighted by Crippen LogP contribution is 2.26. The fourth-order valence-electron chi connectivity index (χ4n) is 2.90. The first-order chi connectivity index (χ1) is 9.15. The van der Waals surface area contributed by atoms with Crippen molar-refractivity contribution in [1.82, 2.24) is 9.80 Å². The van der Waals surface area contributed by atoms with E-state index >= 15 is 0 Å². The van der Waals surface area contributed by atoms with Crippen LogP contribution in [-0.2, 0) is 9.53 Å². The summed E-state index contributed by atoms with van der Waals surface area (Å²) in [6.45, 7) is 6.34. The summed E-state index contributed by atoms with van der Waals surface area (Å²) in [5.74, 6) is -0.784. The molecule has 1 saturated heterocycles. The molecule has 1 aliphatic heterocycles. The monoisotopic (exact) mass is 270 g/mol. The Morgan fingerprint density at radius 2 is 1.79 bits per heavy atom. The number of hydrogen-bond donors (Lipinski definition) is 1. The van der Waals surface area contributed by atoms with E-state index in [4.69, 9.17) is 9.84 Å². The summed E-state index contributed by atoms with van der Waals surface area (Å²) in [5.41, 5.74) is 0. The molecule has 0 atom stereocenters. The van der Waals surface area contributed by atoms with E-state index < -0.39 is 5.97 Å². The van der Waals surface area contributed by atoms with Gasteiger partial charge in [0.1, 0.15) is 0 Å². The van der Waals surface area contributed by atoms with E-state index in [0.29, 0.717) is 0 Å². The Morgan fingerprint density at radius 3 is 2.37 bits per heavy atom. The lowest BCUT2D eigenvalue weighted by molar-refractivity contribution is -0.143. The van der Waals surface area contributed by atoms with Gasteiger partial charge in [0.15, 0.2) is 0 Å². The van der Waals surface area contributed by atoms with Gasteiger partial charge in [-0.3, -0.25) is 9.69 Å². The van der Waals surface area contributed by atoms with Crippen LogP contribution in [0.5, 0.6) is 0 Å². The third kappa shape index (κ3) is 4.75. The maximum atomic E-state index is 10.9. The van der Waals surface area contributed by atoms with Gasteiger partial charge in [-0.05, 0) is 32.7 Å². The molecule has 110 valence electrons. The summed E-state index contributed by atoms with van der Waals surface area (Å²) in [6, 6.07) is 0. The molecule has 0 spiro atoms. The normalized spacial score (nSPS) is 30.4. The molecule has 0 aromatic heterocycles. The number of carboxylic acid groups (broad SMARTS) is 1. The summed E-state index contributed by atoms with van der Waals surface area (Å²) < 4.78 is 5.89. The van der Waals surface area contributed by atoms with E-state index in [-0.39, 0.29) is 12.0 Å². The minimum absolute atomic E-state index is 0.141. The molecule has 0 aromatic rings. The Morgan fingerprint density at radius 1 is 1.16 bits per heavy atom. The second-order valence-electron chi connectivity index (χ2n) is 5.83. The van der Waals surface area contributed by atoms with Crippen molar-refractivity contribution < 1.29 is 14.6 Å². The van der Waals surface area contributed by atoms with E-state index in [2.05, 4.69) is 16.8 Å². The minimum Gasteiger partial charge on any atom is -0.481 e. The fraction of sp³-hybridized carbons (Fsp3) is 0.929. The number of carboxylic acids is 1. The van der Waals surface area contributed by atoms with Crippen LogP contribution in [0.4, 0.5) is 0 Å². The van der Waals surface area contributed by atoms with Crippen LogP contribution in [0.3, 0.4) is 0 Å². The smallest absolute Gasteiger partial charge is 0.306 e. The fourth-order valence-corrected chi connectivity index (χ4v) is 2.90. The first kappa shape index (κ1) is 14.8. The van der Waals surface area contributed by atoms with Gasteiger partial charge in [0.05, 0.1) is 18.6 Å². The molecule has 1 N–H and O–H groups in total. The third-order valence-corrected chi connectivity index (χ3v) is 4.38. The molecule has 1 aliphatic carbocycles. The number of carbonyl (C=O) groups is 1. The van der Waals surface area contributed by atoms with Crippen molar-refractivity contribution in [2.45, 2.75) is 31.8 Å². The van der Waals surface area contributed by atoms with Crippen LogP contribution in [0.15, 0.2) is 0 Å². The highest BCUT2D eigenvalue weighted by molar-refractivity contribution is 5.70. The predicted octanol–water partition coefficient (Wildman–Crippen LogP) is 0.894. The van der Waals surface area contributed by atoms with Crippen LogP contribution < -0.4 is 0 Å². The molecule has 0 amide bonds. The molecule has 2 fully saturated rings. The maximum Gasteiger partial charge on any atom is 0.306 e. The predicted molar refractivity (Wildman–Crippen MR) is 73.3 cm³/mol. The first-order valence-corrected chi connectivity index (χ1v) is 7.40. The number of ether oxygens (including phenoxy) is 1. The topological polar surface area (TPSA) is 53.0 Å². The maximum absolute atomic E-state index is 10.9. The Bertz CT molecular complexity index is 282. The average Bonchev–Trinajstić information content (AvgIpc) is 2.41. The molecule has 0 bridgehead atoms. The highest BCUT2D eigenvalue weighted by atomic mass is 16.5. The molecule has 2 rings (SSSR count). The van der Waals surface area contributed by atoms with E-state index in [1.165, 1.54) is 0 Å². The van der Waals surface area contributed by atoms with Gasteiger partial charge in [-0.2, -0.15) is 0 Å². The lowest BCUT2D eigenvalue weighted by Gasteiger charge is -2.33. The van der Waals surface area contributed by atoms with Gasteiger partial charge >= 0.3 is 5.97 Å². The molecule has 1 saturated carbocycles. The van der Waals surface area contributed by atoms with Crippen molar-refractivity contribution >= 4 is 5.97 Å². The lowest BCUT2D eigenvalue weighted by Crippen LogP contribution is -2.45. The second kappa shape index (κ2) is 7.22. The van der Waals surface area contributed by atoms with E-state index in [0.717, 1.165) is 65.0 Å². The molecule has 1 heterocycles. The Balaban J connectivity index is 1.56. The van der Waals surface area contributed by atoms with Crippen LogP contribution >= 0.6 is 0 Å². The summed E-state index contributed by atoms with van der Waals surface area (Å²) in [5, 5.41) is 8.94. The van der Waals surface area contributed by atoms with Gasteiger partial charge in [-0.15, -0.1) is 0 Å². The molecular weight excluding hydrogens is 244 g/mol. The number of likely N-dealkylation sites (N-methyl/N-ethyl adjacent to an activating group) is 1. The van der Waals surface area contributed by atoms with Crippen molar-refractivity contribution in [2.75, 3.05) is 46.4 Å². The highest BCUT2D eigenvalue weighted by Gasteiger charge is 2.26. The van der Waals surface area contributed by atoms with Gasteiger partial charge in [-0.1, -0.05) is 0 Å². The lowest BCUT2D eigenvalue weighted by atomic mass is 9.87. The zero-order valence-electron chi connectivity index (χ0n) is 11.9. The van der Waals surface area contributed by atoms with Crippen LogP contribution in [0, 0.1) is 5.92 Å². The van der Waals surface area contributed by atoms with Gasteiger partial charge in [-0.25, -0.2) is 0 Å². The molecule has 2 aliphatic rings. The average molecular weight is 270 g/mol.